The fourth-order valence-electron chi connectivity index (χ4n) is 4.03. The van der Waals surface area contributed by atoms with Crippen molar-refractivity contribution in [3.8, 4) is 6.07 Å². The second-order valence-electron chi connectivity index (χ2n) is 9.29. The molecule has 0 radical (unpaired) electrons. The smallest absolute Gasteiger partial charge is 0.336 e. The lowest BCUT2D eigenvalue weighted by molar-refractivity contribution is -0.115. The maximum Gasteiger partial charge on any atom is 0.336 e. The highest BCUT2D eigenvalue weighted by molar-refractivity contribution is 8.00. The number of carbonyl (C=O) groups excluding carboxylic acids is 3. The van der Waals surface area contributed by atoms with Crippen LogP contribution in [-0.4, -0.2) is 45.1 Å². The Hall–Kier alpha value is -5.45. The molecule has 3 aromatic carbocycles. The van der Waals surface area contributed by atoms with Crippen molar-refractivity contribution in [3.63, 3.8) is 0 Å². The minimum absolute atomic E-state index is 0.195. The zero-order chi connectivity index (χ0) is 32.0. The second kappa shape index (κ2) is 13.7. The predicted molar refractivity (Wildman–Crippen MR) is 167 cm³/mol. The SMILES string of the molecule is Cc1c(C(=O)Nc2ccccc2)sc(NC(=O)C(C)Sc2cccc(NC(=O)c3ccc(C(=O)O)cc3C(=O)O)c2)c1C#N. The van der Waals surface area contributed by atoms with E-state index in [4.69, 9.17) is 5.11 Å². The zero-order valence-electron chi connectivity index (χ0n) is 23.2. The van der Waals surface area contributed by atoms with Crippen LogP contribution in [0.25, 0.3) is 0 Å². The molecule has 1 heterocycles. The Morgan fingerprint density at radius 2 is 1.50 bits per heavy atom. The number of nitrogens with one attached hydrogen (secondary N) is 3. The Morgan fingerprint density at radius 3 is 2.16 bits per heavy atom. The Kier molecular flexibility index (Phi) is 9.79. The van der Waals surface area contributed by atoms with Gasteiger partial charge in [-0.2, -0.15) is 5.26 Å². The van der Waals surface area contributed by atoms with Crippen LogP contribution in [0.5, 0.6) is 0 Å². The largest absolute Gasteiger partial charge is 0.478 e. The molecule has 0 spiro atoms. The van der Waals surface area contributed by atoms with Crippen molar-refractivity contribution in [2.24, 2.45) is 0 Å². The summed E-state index contributed by atoms with van der Waals surface area (Å²) in [5, 5.41) is 36.1. The summed E-state index contributed by atoms with van der Waals surface area (Å²) in [6.07, 6.45) is 0. The third-order valence-corrected chi connectivity index (χ3v) is 8.55. The van der Waals surface area contributed by atoms with Gasteiger partial charge in [0.2, 0.25) is 5.91 Å². The molecule has 0 saturated heterocycles. The van der Waals surface area contributed by atoms with Crippen LogP contribution in [0.3, 0.4) is 0 Å². The summed E-state index contributed by atoms with van der Waals surface area (Å²) in [6, 6.07) is 20.6. The number of amides is 3. The molecule has 0 aliphatic heterocycles. The van der Waals surface area contributed by atoms with Gasteiger partial charge in [0.05, 0.1) is 32.4 Å². The molecule has 0 saturated carbocycles. The molecular formula is C31H24N4O7S2. The van der Waals surface area contributed by atoms with Crippen LogP contribution in [0.1, 0.15) is 58.8 Å². The quantitative estimate of drug-likeness (QED) is 0.132. The van der Waals surface area contributed by atoms with Gasteiger partial charge in [0.25, 0.3) is 11.8 Å². The van der Waals surface area contributed by atoms with E-state index in [9.17, 15) is 34.3 Å². The maximum atomic E-state index is 13.1. The predicted octanol–water partition coefficient (Wildman–Crippen LogP) is 5.95. The first-order chi connectivity index (χ1) is 21.0. The normalized spacial score (nSPS) is 11.1. The van der Waals surface area contributed by atoms with Gasteiger partial charge in [-0.3, -0.25) is 14.4 Å². The van der Waals surface area contributed by atoms with Crippen molar-refractivity contribution in [2.45, 2.75) is 24.0 Å². The van der Waals surface area contributed by atoms with Crippen molar-refractivity contribution in [1.29, 1.82) is 5.26 Å². The first-order valence-electron chi connectivity index (χ1n) is 12.9. The molecule has 4 aromatic rings. The molecule has 11 nitrogen and oxygen atoms in total. The summed E-state index contributed by atoms with van der Waals surface area (Å²) < 4.78 is 0. The van der Waals surface area contributed by atoms with Crippen LogP contribution in [0.4, 0.5) is 16.4 Å². The van der Waals surface area contributed by atoms with Gasteiger partial charge in [-0.05, 0) is 67.9 Å². The van der Waals surface area contributed by atoms with Gasteiger partial charge in [-0.1, -0.05) is 24.3 Å². The van der Waals surface area contributed by atoms with E-state index in [1.807, 2.05) is 6.07 Å². The highest BCUT2D eigenvalue weighted by Crippen LogP contribution is 2.34. The van der Waals surface area contributed by atoms with E-state index in [0.717, 1.165) is 29.5 Å². The minimum atomic E-state index is -1.45. The first-order valence-corrected chi connectivity index (χ1v) is 14.6. The Bertz CT molecular complexity index is 1830. The summed E-state index contributed by atoms with van der Waals surface area (Å²) in [5.41, 5.74) is 0.617. The molecule has 0 aliphatic carbocycles. The third kappa shape index (κ3) is 7.30. The molecule has 1 atom stereocenters. The van der Waals surface area contributed by atoms with E-state index in [2.05, 4.69) is 22.0 Å². The van der Waals surface area contributed by atoms with Crippen molar-refractivity contribution >= 4 is 69.1 Å². The number of nitriles is 1. The molecule has 44 heavy (non-hydrogen) atoms. The molecule has 1 unspecified atom stereocenters. The molecule has 0 bridgehead atoms. The van der Waals surface area contributed by atoms with Crippen LogP contribution in [0.15, 0.2) is 77.7 Å². The number of thiophene rings is 1. The van der Waals surface area contributed by atoms with Gasteiger partial charge in [0.1, 0.15) is 11.1 Å². The van der Waals surface area contributed by atoms with Crippen molar-refractivity contribution < 1.29 is 34.2 Å². The van der Waals surface area contributed by atoms with Gasteiger partial charge in [-0.25, -0.2) is 9.59 Å². The molecule has 1 aromatic heterocycles. The average molecular weight is 629 g/mol. The highest BCUT2D eigenvalue weighted by atomic mass is 32.2. The molecule has 0 aliphatic rings. The number of hydrogen-bond donors (Lipinski definition) is 5. The van der Waals surface area contributed by atoms with E-state index in [1.54, 1.807) is 62.4 Å². The van der Waals surface area contributed by atoms with Crippen LogP contribution < -0.4 is 16.0 Å². The number of anilines is 3. The molecule has 4 rings (SSSR count). The Morgan fingerprint density at radius 1 is 0.818 bits per heavy atom. The number of para-hydroxylation sites is 1. The van der Waals surface area contributed by atoms with Crippen LogP contribution >= 0.6 is 23.1 Å². The number of benzene rings is 3. The lowest BCUT2D eigenvalue weighted by Gasteiger charge is -2.13. The van der Waals surface area contributed by atoms with E-state index in [1.165, 1.54) is 11.8 Å². The number of hydrogen-bond acceptors (Lipinski definition) is 8. The molecule has 0 fully saturated rings. The first kappa shape index (κ1) is 31.5. The summed E-state index contributed by atoms with van der Waals surface area (Å²) in [6.45, 7) is 3.30. The summed E-state index contributed by atoms with van der Waals surface area (Å²) in [4.78, 5) is 62.6. The zero-order valence-corrected chi connectivity index (χ0v) is 24.8. The number of aromatic carboxylic acids is 2. The third-order valence-electron chi connectivity index (χ3n) is 6.25. The summed E-state index contributed by atoms with van der Waals surface area (Å²) in [7, 11) is 0. The average Bonchev–Trinajstić information content (AvgIpc) is 3.31. The van der Waals surface area contributed by atoms with Gasteiger partial charge in [0, 0.05) is 16.3 Å². The van der Waals surface area contributed by atoms with Crippen LogP contribution in [0.2, 0.25) is 0 Å². The molecular weight excluding hydrogens is 604 g/mol. The van der Waals surface area contributed by atoms with Crippen molar-refractivity contribution in [1.82, 2.24) is 0 Å². The fourth-order valence-corrected chi connectivity index (χ4v) is 6.01. The Labute approximate surface area is 259 Å². The monoisotopic (exact) mass is 628 g/mol. The summed E-state index contributed by atoms with van der Waals surface area (Å²) >= 11 is 2.18. The van der Waals surface area contributed by atoms with E-state index >= 15 is 0 Å². The number of carbonyl (C=O) groups is 5. The van der Waals surface area contributed by atoms with Gasteiger partial charge in [-0.15, -0.1) is 23.1 Å². The molecule has 222 valence electrons. The van der Waals surface area contributed by atoms with Crippen molar-refractivity contribution in [3.05, 3.63) is 105 Å². The van der Waals surface area contributed by atoms with Crippen molar-refractivity contribution in [2.75, 3.05) is 16.0 Å². The van der Waals surface area contributed by atoms with Gasteiger partial charge >= 0.3 is 11.9 Å². The number of carboxylic acids is 2. The lowest BCUT2D eigenvalue weighted by atomic mass is 10.0. The van der Waals surface area contributed by atoms with E-state index in [0.29, 0.717) is 26.7 Å². The topological polar surface area (TPSA) is 186 Å². The highest BCUT2D eigenvalue weighted by Gasteiger charge is 2.24. The minimum Gasteiger partial charge on any atom is -0.478 e. The van der Waals surface area contributed by atoms with Crippen LogP contribution in [0, 0.1) is 18.3 Å². The Balaban J connectivity index is 1.44. The van der Waals surface area contributed by atoms with Gasteiger partial charge < -0.3 is 26.2 Å². The maximum absolute atomic E-state index is 13.1. The van der Waals surface area contributed by atoms with E-state index in [-0.39, 0.29) is 21.7 Å². The molecule has 5 N–H and O–H groups in total. The number of carboxylic acid groups (broad SMARTS) is 2. The molecule has 13 heteroatoms. The van der Waals surface area contributed by atoms with E-state index < -0.39 is 40.5 Å². The van der Waals surface area contributed by atoms with Crippen LogP contribution in [-0.2, 0) is 4.79 Å². The molecule has 3 amide bonds. The number of nitrogens with zero attached hydrogens (tertiary/aromatic N) is 1. The fraction of sp³-hybridized carbons (Fsp3) is 0.0968. The van der Waals surface area contributed by atoms with Gasteiger partial charge in [0.15, 0.2) is 0 Å². The number of rotatable bonds is 10. The number of thioether (sulfide) groups is 1. The standard InChI is InChI=1S/C31H24N4O7S2/c1-16-24(15-32)29(44-25(16)28(38)33-19-7-4-3-5-8-19)35-26(36)17(2)43-21-10-6-9-20(14-21)34-27(37)22-12-11-18(30(39)40)13-23(22)31(41)42/h3-14,17H,1-2H3,(H,33,38)(H,34,37)(H,35,36)(H,39,40)(H,41,42). The summed E-state index contributed by atoms with van der Waals surface area (Å²) in [5.74, 6) is -4.34. The second-order valence-corrected chi connectivity index (χ2v) is 11.7. The lowest BCUT2D eigenvalue weighted by Crippen LogP contribution is -2.22.